The summed E-state index contributed by atoms with van der Waals surface area (Å²) in [6.07, 6.45) is 11.5. The lowest BCUT2D eigenvalue weighted by Crippen LogP contribution is -2.46. The zero-order valence-electron chi connectivity index (χ0n) is 10.2. The standard InChI is InChI=1S/C14H22N2/c1-2-14(8-4-3-5-9-16-14)12-13-6-10-15-11-7-13/h6-7,10-11,16H,2-5,8-9,12H2,1H3. The molecule has 0 amide bonds. The van der Waals surface area contributed by atoms with Gasteiger partial charge >= 0.3 is 0 Å². The summed E-state index contributed by atoms with van der Waals surface area (Å²) in [5.74, 6) is 0. The molecule has 1 aliphatic rings. The summed E-state index contributed by atoms with van der Waals surface area (Å²) in [6.45, 7) is 3.48. The molecule has 0 saturated carbocycles. The molecule has 1 aliphatic heterocycles. The van der Waals surface area contributed by atoms with Gasteiger partial charge < -0.3 is 5.32 Å². The minimum absolute atomic E-state index is 0.331. The second kappa shape index (κ2) is 5.44. The van der Waals surface area contributed by atoms with Gasteiger partial charge in [0.1, 0.15) is 0 Å². The Kier molecular flexibility index (Phi) is 3.94. The van der Waals surface area contributed by atoms with Crippen molar-refractivity contribution in [2.45, 2.75) is 51.0 Å². The minimum atomic E-state index is 0.331. The van der Waals surface area contributed by atoms with E-state index in [1.807, 2.05) is 12.4 Å². The predicted molar refractivity (Wildman–Crippen MR) is 67.4 cm³/mol. The highest BCUT2D eigenvalue weighted by Crippen LogP contribution is 2.26. The first-order valence-corrected chi connectivity index (χ1v) is 6.49. The van der Waals surface area contributed by atoms with Gasteiger partial charge in [0.25, 0.3) is 0 Å². The van der Waals surface area contributed by atoms with Crippen LogP contribution in [0.3, 0.4) is 0 Å². The van der Waals surface area contributed by atoms with Crippen LogP contribution in [-0.4, -0.2) is 17.1 Å². The zero-order valence-corrected chi connectivity index (χ0v) is 10.2. The third-order valence-electron chi connectivity index (χ3n) is 3.80. The van der Waals surface area contributed by atoms with E-state index in [9.17, 15) is 0 Å². The molecule has 2 rings (SSSR count). The molecule has 0 radical (unpaired) electrons. The number of aromatic nitrogens is 1. The van der Waals surface area contributed by atoms with Crippen molar-refractivity contribution in [3.8, 4) is 0 Å². The van der Waals surface area contributed by atoms with Gasteiger partial charge in [-0.25, -0.2) is 0 Å². The molecular formula is C14H22N2. The Morgan fingerprint density at radius 3 is 2.81 bits per heavy atom. The summed E-state index contributed by atoms with van der Waals surface area (Å²) < 4.78 is 0. The van der Waals surface area contributed by atoms with Crippen molar-refractivity contribution >= 4 is 0 Å². The maximum absolute atomic E-state index is 4.09. The monoisotopic (exact) mass is 218 g/mol. The van der Waals surface area contributed by atoms with E-state index in [1.165, 1.54) is 44.2 Å². The highest BCUT2D eigenvalue weighted by Gasteiger charge is 2.28. The maximum atomic E-state index is 4.09. The zero-order chi connectivity index (χ0) is 11.3. The molecule has 1 N–H and O–H groups in total. The Bertz CT molecular complexity index is 300. The van der Waals surface area contributed by atoms with Crippen LogP contribution < -0.4 is 5.32 Å². The first-order valence-electron chi connectivity index (χ1n) is 6.49. The molecule has 0 aromatic carbocycles. The summed E-state index contributed by atoms with van der Waals surface area (Å²) in [5, 5.41) is 3.77. The third-order valence-corrected chi connectivity index (χ3v) is 3.80. The highest BCUT2D eigenvalue weighted by atomic mass is 15.0. The largest absolute Gasteiger partial charge is 0.311 e. The summed E-state index contributed by atoms with van der Waals surface area (Å²) in [7, 11) is 0. The minimum Gasteiger partial charge on any atom is -0.311 e. The van der Waals surface area contributed by atoms with Crippen molar-refractivity contribution in [3.63, 3.8) is 0 Å². The van der Waals surface area contributed by atoms with E-state index in [1.54, 1.807) is 0 Å². The lowest BCUT2D eigenvalue weighted by molar-refractivity contribution is 0.302. The normalized spacial score (nSPS) is 26.3. The van der Waals surface area contributed by atoms with Gasteiger partial charge in [-0.3, -0.25) is 4.98 Å². The van der Waals surface area contributed by atoms with Gasteiger partial charge in [0.05, 0.1) is 0 Å². The van der Waals surface area contributed by atoms with Gasteiger partial charge in [-0.2, -0.15) is 0 Å². The van der Waals surface area contributed by atoms with Gasteiger partial charge in [0.15, 0.2) is 0 Å². The van der Waals surface area contributed by atoms with Crippen molar-refractivity contribution in [3.05, 3.63) is 30.1 Å². The van der Waals surface area contributed by atoms with Crippen LogP contribution in [0.4, 0.5) is 0 Å². The summed E-state index contributed by atoms with van der Waals surface area (Å²) in [5.41, 5.74) is 1.74. The smallest absolute Gasteiger partial charge is 0.0270 e. The average molecular weight is 218 g/mol. The van der Waals surface area contributed by atoms with Crippen LogP contribution in [0.25, 0.3) is 0 Å². The molecule has 1 atom stereocenters. The van der Waals surface area contributed by atoms with Crippen LogP contribution in [0.2, 0.25) is 0 Å². The predicted octanol–water partition coefficient (Wildman–Crippen LogP) is 2.94. The van der Waals surface area contributed by atoms with Gasteiger partial charge in [0.2, 0.25) is 0 Å². The molecule has 1 unspecified atom stereocenters. The Morgan fingerprint density at radius 2 is 2.06 bits per heavy atom. The summed E-state index contributed by atoms with van der Waals surface area (Å²) in [4.78, 5) is 4.09. The van der Waals surface area contributed by atoms with Crippen LogP contribution in [0.1, 0.15) is 44.6 Å². The van der Waals surface area contributed by atoms with Crippen LogP contribution in [0.15, 0.2) is 24.5 Å². The molecule has 0 aliphatic carbocycles. The molecule has 1 fully saturated rings. The molecule has 1 saturated heterocycles. The summed E-state index contributed by atoms with van der Waals surface area (Å²) in [6, 6.07) is 4.29. The van der Waals surface area contributed by atoms with Crippen LogP contribution >= 0.6 is 0 Å². The van der Waals surface area contributed by atoms with E-state index in [-0.39, 0.29) is 0 Å². The number of nitrogens with one attached hydrogen (secondary N) is 1. The van der Waals surface area contributed by atoms with E-state index < -0.39 is 0 Å². The van der Waals surface area contributed by atoms with Crippen molar-refractivity contribution in [1.82, 2.24) is 10.3 Å². The molecular weight excluding hydrogens is 196 g/mol. The molecule has 0 spiro atoms. The van der Waals surface area contributed by atoms with Gasteiger partial charge in [-0.1, -0.05) is 19.8 Å². The van der Waals surface area contributed by atoms with E-state index in [4.69, 9.17) is 0 Å². The molecule has 2 heteroatoms. The van der Waals surface area contributed by atoms with Crippen molar-refractivity contribution in [1.29, 1.82) is 0 Å². The van der Waals surface area contributed by atoms with E-state index >= 15 is 0 Å². The number of hydrogen-bond donors (Lipinski definition) is 1. The first-order chi connectivity index (χ1) is 7.85. The van der Waals surface area contributed by atoms with Gasteiger partial charge in [0, 0.05) is 17.9 Å². The van der Waals surface area contributed by atoms with Gasteiger partial charge in [-0.05, 0) is 49.9 Å². The van der Waals surface area contributed by atoms with Crippen LogP contribution in [0.5, 0.6) is 0 Å². The van der Waals surface area contributed by atoms with E-state index in [2.05, 4.69) is 29.4 Å². The fraction of sp³-hybridized carbons (Fsp3) is 0.643. The fourth-order valence-corrected chi connectivity index (χ4v) is 2.68. The molecule has 2 heterocycles. The topological polar surface area (TPSA) is 24.9 Å². The molecule has 0 bridgehead atoms. The first kappa shape index (κ1) is 11.6. The molecule has 2 nitrogen and oxygen atoms in total. The SMILES string of the molecule is CCC1(Cc2ccncc2)CCCCCN1. The highest BCUT2D eigenvalue weighted by molar-refractivity contribution is 5.14. The summed E-state index contributed by atoms with van der Waals surface area (Å²) >= 11 is 0. The van der Waals surface area contributed by atoms with Crippen molar-refractivity contribution < 1.29 is 0 Å². The number of nitrogens with zero attached hydrogens (tertiary/aromatic N) is 1. The lowest BCUT2D eigenvalue weighted by Gasteiger charge is -2.33. The Morgan fingerprint density at radius 1 is 1.25 bits per heavy atom. The molecule has 1 aromatic rings. The number of pyridine rings is 1. The fourth-order valence-electron chi connectivity index (χ4n) is 2.68. The second-order valence-electron chi connectivity index (χ2n) is 4.90. The van der Waals surface area contributed by atoms with E-state index in [0.717, 1.165) is 6.42 Å². The van der Waals surface area contributed by atoms with Crippen LogP contribution in [0, 0.1) is 0 Å². The quantitative estimate of drug-likeness (QED) is 0.843. The Hall–Kier alpha value is -0.890. The van der Waals surface area contributed by atoms with Gasteiger partial charge in [-0.15, -0.1) is 0 Å². The lowest BCUT2D eigenvalue weighted by atomic mass is 9.84. The molecule has 16 heavy (non-hydrogen) atoms. The number of rotatable bonds is 3. The maximum Gasteiger partial charge on any atom is 0.0270 e. The number of hydrogen-bond acceptors (Lipinski definition) is 2. The average Bonchev–Trinajstić information content (AvgIpc) is 2.57. The Labute approximate surface area is 98.5 Å². The van der Waals surface area contributed by atoms with Crippen molar-refractivity contribution in [2.75, 3.05) is 6.54 Å². The second-order valence-corrected chi connectivity index (χ2v) is 4.90. The van der Waals surface area contributed by atoms with Crippen LogP contribution in [-0.2, 0) is 6.42 Å². The molecule has 88 valence electrons. The Balaban J connectivity index is 2.08. The van der Waals surface area contributed by atoms with Crippen molar-refractivity contribution in [2.24, 2.45) is 0 Å². The third kappa shape index (κ3) is 2.82. The molecule has 1 aromatic heterocycles. The van der Waals surface area contributed by atoms with E-state index in [0.29, 0.717) is 5.54 Å².